The summed E-state index contributed by atoms with van der Waals surface area (Å²) in [5, 5.41) is 3.95. The molecule has 3 fully saturated rings. The molecule has 1 amide bonds. The van der Waals surface area contributed by atoms with Crippen LogP contribution in [0.25, 0.3) is 11.1 Å². The molecule has 0 saturated carbocycles. The van der Waals surface area contributed by atoms with Crippen molar-refractivity contribution in [1.29, 1.82) is 0 Å². The molecule has 1 aliphatic carbocycles. The van der Waals surface area contributed by atoms with Gasteiger partial charge in [-0.3, -0.25) is 4.90 Å². The number of amides is 1. The highest BCUT2D eigenvalue weighted by Crippen LogP contribution is 2.46. The van der Waals surface area contributed by atoms with E-state index in [2.05, 4.69) is 42.3 Å². The average Bonchev–Trinajstić information content (AvgIpc) is 2.98. The van der Waals surface area contributed by atoms with E-state index in [9.17, 15) is 4.79 Å². The molecule has 1 N–H and O–H groups in total. The predicted molar refractivity (Wildman–Crippen MR) is 120 cm³/mol. The Balaban J connectivity index is 1.34. The summed E-state index contributed by atoms with van der Waals surface area (Å²) in [6.45, 7) is 7.58. The smallest absolute Gasteiger partial charge is 0.407 e. The van der Waals surface area contributed by atoms with E-state index in [1.807, 2.05) is 24.3 Å². The van der Waals surface area contributed by atoms with Crippen molar-refractivity contribution < 1.29 is 9.53 Å². The SMILES string of the molecule is CC1(C)Cc2cc(-c3ccccc3Cl)ccc2C1NC(=O)O[C@H]1CN2CCC1CC2. The minimum absolute atomic E-state index is 0.0269. The average molecular weight is 425 g/mol. The van der Waals surface area contributed by atoms with Gasteiger partial charge in [-0.15, -0.1) is 0 Å². The summed E-state index contributed by atoms with van der Waals surface area (Å²) in [6.07, 6.45) is 2.93. The zero-order valence-electron chi connectivity index (χ0n) is 17.7. The standard InChI is InChI=1S/C25H29ClN2O2/c1-25(2)14-18-13-17(19-5-3-4-6-21(19)26)7-8-20(18)23(25)27-24(29)30-22-15-28-11-9-16(22)10-12-28/h3-8,13,16,22-23H,9-12,14-15H2,1-2H3,(H,27,29)/t22-,23?/m0/s1. The first-order valence-corrected chi connectivity index (χ1v) is 11.4. The first-order valence-electron chi connectivity index (χ1n) is 11.0. The summed E-state index contributed by atoms with van der Waals surface area (Å²) in [5.41, 5.74) is 4.53. The van der Waals surface area contributed by atoms with Crippen molar-refractivity contribution in [2.45, 2.75) is 45.3 Å². The van der Waals surface area contributed by atoms with E-state index in [1.165, 1.54) is 11.1 Å². The number of nitrogens with one attached hydrogen (secondary N) is 1. The van der Waals surface area contributed by atoms with Crippen LogP contribution in [0.4, 0.5) is 4.79 Å². The lowest BCUT2D eigenvalue weighted by atomic mass is 9.85. The Hall–Kier alpha value is -2.04. The van der Waals surface area contributed by atoms with Gasteiger partial charge >= 0.3 is 6.09 Å². The summed E-state index contributed by atoms with van der Waals surface area (Å²) >= 11 is 6.41. The van der Waals surface area contributed by atoms with Crippen LogP contribution in [0.15, 0.2) is 42.5 Å². The Morgan fingerprint density at radius 2 is 1.93 bits per heavy atom. The van der Waals surface area contributed by atoms with Gasteiger partial charge in [-0.25, -0.2) is 4.79 Å². The van der Waals surface area contributed by atoms with Crippen molar-refractivity contribution in [3.63, 3.8) is 0 Å². The number of piperidine rings is 3. The van der Waals surface area contributed by atoms with Gasteiger partial charge in [-0.1, -0.05) is 61.8 Å². The fourth-order valence-electron chi connectivity index (χ4n) is 5.52. The molecular weight excluding hydrogens is 396 g/mol. The summed E-state index contributed by atoms with van der Waals surface area (Å²) < 4.78 is 5.90. The van der Waals surface area contributed by atoms with Crippen LogP contribution >= 0.6 is 11.6 Å². The predicted octanol–water partition coefficient (Wildman–Crippen LogP) is 5.45. The van der Waals surface area contributed by atoms with Crippen LogP contribution in [0.1, 0.15) is 43.9 Å². The van der Waals surface area contributed by atoms with Crippen molar-refractivity contribution in [2.24, 2.45) is 11.3 Å². The van der Waals surface area contributed by atoms with Crippen LogP contribution in [0, 0.1) is 11.3 Å². The zero-order valence-corrected chi connectivity index (χ0v) is 18.4. The maximum Gasteiger partial charge on any atom is 0.407 e. The zero-order chi connectivity index (χ0) is 20.9. The molecule has 30 heavy (non-hydrogen) atoms. The Bertz CT molecular complexity index is 965. The summed E-state index contributed by atoms with van der Waals surface area (Å²) in [4.78, 5) is 15.2. The van der Waals surface area contributed by atoms with Gasteiger partial charge in [0.15, 0.2) is 0 Å². The second kappa shape index (κ2) is 7.58. The molecule has 3 saturated heterocycles. The van der Waals surface area contributed by atoms with E-state index in [0.717, 1.165) is 55.0 Å². The molecular formula is C25H29ClN2O2. The normalized spacial score (nSPS) is 28.8. The molecule has 4 nitrogen and oxygen atoms in total. The Morgan fingerprint density at radius 3 is 2.63 bits per heavy atom. The highest BCUT2D eigenvalue weighted by Gasteiger charge is 2.42. The number of benzene rings is 2. The van der Waals surface area contributed by atoms with E-state index in [4.69, 9.17) is 16.3 Å². The van der Waals surface area contributed by atoms with E-state index < -0.39 is 0 Å². The third-order valence-electron chi connectivity index (χ3n) is 7.18. The molecule has 3 aliphatic heterocycles. The Labute approximate surface area is 183 Å². The van der Waals surface area contributed by atoms with E-state index >= 15 is 0 Å². The number of rotatable bonds is 3. The number of carbonyl (C=O) groups is 1. The number of fused-ring (bicyclic) bond motifs is 4. The van der Waals surface area contributed by atoms with Gasteiger partial charge in [-0.2, -0.15) is 0 Å². The van der Waals surface area contributed by atoms with Gasteiger partial charge in [0.25, 0.3) is 0 Å². The van der Waals surface area contributed by atoms with Gasteiger partial charge in [0.2, 0.25) is 0 Å². The number of hydrogen-bond acceptors (Lipinski definition) is 3. The fourth-order valence-corrected chi connectivity index (χ4v) is 5.77. The third-order valence-corrected chi connectivity index (χ3v) is 7.51. The highest BCUT2D eigenvalue weighted by atomic mass is 35.5. The number of hydrogen-bond donors (Lipinski definition) is 1. The van der Waals surface area contributed by atoms with E-state index in [-0.39, 0.29) is 23.7 Å². The van der Waals surface area contributed by atoms with Crippen molar-refractivity contribution in [3.8, 4) is 11.1 Å². The number of carbonyl (C=O) groups excluding carboxylic acids is 1. The molecule has 0 radical (unpaired) electrons. The molecule has 2 aromatic rings. The number of halogens is 1. The van der Waals surface area contributed by atoms with Crippen molar-refractivity contribution in [2.75, 3.05) is 19.6 Å². The second-order valence-electron chi connectivity index (χ2n) is 9.72. The minimum Gasteiger partial charge on any atom is -0.445 e. The lowest BCUT2D eigenvalue weighted by molar-refractivity contribution is -0.0348. The molecule has 1 unspecified atom stereocenters. The quantitative estimate of drug-likeness (QED) is 0.712. The fraction of sp³-hybridized carbons (Fsp3) is 0.480. The van der Waals surface area contributed by atoms with Crippen LogP contribution in [0.5, 0.6) is 0 Å². The van der Waals surface area contributed by atoms with Crippen molar-refractivity contribution in [1.82, 2.24) is 10.2 Å². The van der Waals surface area contributed by atoms with Crippen molar-refractivity contribution in [3.05, 3.63) is 58.6 Å². The molecule has 2 atom stereocenters. The minimum atomic E-state index is -0.283. The second-order valence-corrected chi connectivity index (χ2v) is 10.1. The van der Waals surface area contributed by atoms with Gasteiger partial charge in [-0.05, 0) is 66.4 Å². The third kappa shape index (κ3) is 3.61. The van der Waals surface area contributed by atoms with Crippen LogP contribution in [0.2, 0.25) is 5.02 Å². The number of alkyl carbamates (subject to hydrolysis) is 1. The summed E-state index contributed by atoms with van der Waals surface area (Å²) in [7, 11) is 0. The van der Waals surface area contributed by atoms with Crippen molar-refractivity contribution >= 4 is 17.7 Å². The van der Waals surface area contributed by atoms with Gasteiger partial charge in [0.05, 0.1) is 6.04 Å². The molecule has 5 heteroatoms. The van der Waals surface area contributed by atoms with Gasteiger partial charge in [0.1, 0.15) is 6.10 Å². The van der Waals surface area contributed by atoms with E-state index in [0.29, 0.717) is 5.92 Å². The Morgan fingerprint density at radius 1 is 1.17 bits per heavy atom. The first-order chi connectivity index (χ1) is 14.4. The number of nitrogens with zero attached hydrogens (tertiary/aromatic N) is 1. The van der Waals surface area contributed by atoms with Crippen LogP contribution in [-0.4, -0.2) is 36.7 Å². The van der Waals surface area contributed by atoms with E-state index in [1.54, 1.807) is 0 Å². The molecule has 158 valence electrons. The topological polar surface area (TPSA) is 41.6 Å². The molecule has 2 aromatic carbocycles. The van der Waals surface area contributed by atoms with Gasteiger partial charge in [0, 0.05) is 17.1 Å². The molecule has 0 spiro atoms. The lowest BCUT2D eigenvalue weighted by Crippen LogP contribution is -2.53. The molecule has 6 rings (SSSR count). The summed E-state index contributed by atoms with van der Waals surface area (Å²) in [6, 6.07) is 14.3. The maximum absolute atomic E-state index is 12.8. The van der Waals surface area contributed by atoms with Crippen LogP contribution in [-0.2, 0) is 11.2 Å². The van der Waals surface area contributed by atoms with Gasteiger partial charge < -0.3 is 10.1 Å². The molecule has 0 aromatic heterocycles. The maximum atomic E-state index is 12.8. The monoisotopic (exact) mass is 424 g/mol. The molecule has 3 heterocycles. The summed E-state index contributed by atoms with van der Waals surface area (Å²) in [5.74, 6) is 0.516. The highest BCUT2D eigenvalue weighted by molar-refractivity contribution is 6.33. The van der Waals surface area contributed by atoms with Crippen LogP contribution in [0.3, 0.4) is 0 Å². The Kier molecular flexibility index (Phi) is 5.03. The molecule has 4 aliphatic rings. The first kappa shape index (κ1) is 19.9. The van der Waals surface area contributed by atoms with Crippen LogP contribution < -0.4 is 5.32 Å². The lowest BCUT2D eigenvalue weighted by Gasteiger charge is -2.44. The molecule has 2 bridgehead atoms. The number of ether oxygens (including phenoxy) is 1. The largest absolute Gasteiger partial charge is 0.445 e.